The summed E-state index contributed by atoms with van der Waals surface area (Å²) in [4.78, 5) is 0. The van der Waals surface area contributed by atoms with E-state index >= 15 is 0 Å². The standard InChI is InChI=1S/C16H14N2O2S/c1-19-10-7-8-14(20-2)13(9-10)15-11-5-3-4-6-12(11)16(21)18-17-15/h3-9H,1-2H3,(H,18,21). The van der Waals surface area contributed by atoms with Crippen molar-refractivity contribution in [3.8, 4) is 22.8 Å². The first-order valence-electron chi connectivity index (χ1n) is 6.44. The van der Waals surface area contributed by atoms with Crippen molar-refractivity contribution in [1.82, 2.24) is 10.2 Å². The highest BCUT2D eigenvalue weighted by Crippen LogP contribution is 2.35. The highest BCUT2D eigenvalue weighted by atomic mass is 32.1. The summed E-state index contributed by atoms with van der Waals surface area (Å²) in [7, 11) is 3.27. The van der Waals surface area contributed by atoms with Crippen LogP contribution in [0.4, 0.5) is 0 Å². The number of aromatic amines is 1. The Hall–Kier alpha value is -2.40. The molecule has 1 aromatic heterocycles. The van der Waals surface area contributed by atoms with Crippen LogP contribution < -0.4 is 9.47 Å². The molecule has 0 saturated heterocycles. The van der Waals surface area contributed by atoms with E-state index in [1.54, 1.807) is 14.2 Å². The molecule has 0 aliphatic carbocycles. The third-order valence-electron chi connectivity index (χ3n) is 3.36. The molecule has 0 spiro atoms. The summed E-state index contributed by atoms with van der Waals surface area (Å²) >= 11 is 5.30. The molecule has 4 nitrogen and oxygen atoms in total. The quantitative estimate of drug-likeness (QED) is 0.743. The number of nitrogens with one attached hydrogen (secondary N) is 1. The second-order valence-electron chi connectivity index (χ2n) is 4.51. The van der Waals surface area contributed by atoms with E-state index in [0.717, 1.165) is 33.5 Å². The van der Waals surface area contributed by atoms with E-state index in [4.69, 9.17) is 21.7 Å². The van der Waals surface area contributed by atoms with Gasteiger partial charge in [-0.2, -0.15) is 5.10 Å². The minimum absolute atomic E-state index is 0.621. The highest BCUT2D eigenvalue weighted by molar-refractivity contribution is 7.71. The second-order valence-corrected chi connectivity index (χ2v) is 4.92. The van der Waals surface area contributed by atoms with Crippen molar-refractivity contribution >= 4 is 23.0 Å². The summed E-state index contributed by atoms with van der Waals surface area (Å²) in [5, 5.41) is 9.23. The third kappa shape index (κ3) is 2.36. The molecular formula is C16H14N2O2S. The Morgan fingerprint density at radius 3 is 2.48 bits per heavy atom. The normalized spacial score (nSPS) is 10.6. The fourth-order valence-electron chi connectivity index (χ4n) is 2.32. The summed E-state index contributed by atoms with van der Waals surface area (Å²) in [5.41, 5.74) is 1.65. The lowest BCUT2D eigenvalue weighted by molar-refractivity contribution is 0.404. The number of ether oxygens (including phenoxy) is 2. The first-order chi connectivity index (χ1) is 10.2. The van der Waals surface area contributed by atoms with Gasteiger partial charge in [-0.05, 0) is 18.2 Å². The molecule has 0 saturated carbocycles. The number of fused-ring (bicyclic) bond motifs is 1. The van der Waals surface area contributed by atoms with Gasteiger partial charge in [-0.15, -0.1) is 0 Å². The Morgan fingerprint density at radius 2 is 1.76 bits per heavy atom. The molecule has 0 unspecified atom stereocenters. The summed E-state index contributed by atoms with van der Waals surface area (Å²) in [5.74, 6) is 1.48. The molecule has 3 rings (SSSR count). The van der Waals surface area contributed by atoms with Gasteiger partial charge in [0.25, 0.3) is 0 Å². The number of H-pyrrole nitrogens is 1. The maximum absolute atomic E-state index is 5.44. The summed E-state index contributed by atoms with van der Waals surface area (Å²) in [6.45, 7) is 0. The van der Waals surface area contributed by atoms with Crippen molar-refractivity contribution in [1.29, 1.82) is 0 Å². The highest BCUT2D eigenvalue weighted by Gasteiger charge is 2.13. The van der Waals surface area contributed by atoms with Crippen LogP contribution in [-0.4, -0.2) is 24.4 Å². The van der Waals surface area contributed by atoms with Gasteiger partial charge in [0, 0.05) is 16.3 Å². The third-order valence-corrected chi connectivity index (χ3v) is 3.67. The molecule has 0 aliphatic rings. The fraction of sp³-hybridized carbons (Fsp3) is 0.125. The van der Waals surface area contributed by atoms with Crippen molar-refractivity contribution in [2.75, 3.05) is 14.2 Å². The van der Waals surface area contributed by atoms with E-state index in [1.807, 2.05) is 42.5 Å². The van der Waals surface area contributed by atoms with Crippen LogP contribution in [0.2, 0.25) is 0 Å². The predicted molar refractivity (Wildman–Crippen MR) is 85.5 cm³/mol. The van der Waals surface area contributed by atoms with Gasteiger partial charge >= 0.3 is 0 Å². The average Bonchev–Trinajstić information content (AvgIpc) is 2.55. The average molecular weight is 298 g/mol. The number of nitrogens with zero attached hydrogens (tertiary/aromatic N) is 1. The van der Waals surface area contributed by atoms with Crippen LogP contribution >= 0.6 is 12.2 Å². The van der Waals surface area contributed by atoms with Gasteiger partial charge in [0.1, 0.15) is 21.8 Å². The first-order valence-corrected chi connectivity index (χ1v) is 6.85. The number of benzene rings is 2. The zero-order valence-electron chi connectivity index (χ0n) is 11.7. The topological polar surface area (TPSA) is 47.1 Å². The van der Waals surface area contributed by atoms with Crippen molar-refractivity contribution < 1.29 is 9.47 Å². The zero-order chi connectivity index (χ0) is 14.8. The molecule has 0 fully saturated rings. The van der Waals surface area contributed by atoms with E-state index in [2.05, 4.69) is 10.2 Å². The van der Waals surface area contributed by atoms with Crippen LogP contribution in [0.5, 0.6) is 11.5 Å². The van der Waals surface area contributed by atoms with Crippen LogP contribution in [0.1, 0.15) is 0 Å². The Kier molecular flexibility index (Phi) is 3.58. The number of hydrogen-bond donors (Lipinski definition) is 1. The minimum Gasteiger partial charge on any atom is -0.497 e. The van der Waals surface area contributed by atoms with E-state index in [9.17, 15) is 0 Å². The number of methoxy groups -OCH3 is 2. The second kappa shape index (κ2) is 5.54. The van der Waals surface area contributed by atoms with Gasteiger partial charge in [-0.3, -0.25) is 5.10 Å². The van der Waals surface area contributed by atoms with Crippen LogP contribution in [0.25, 0.3) is 22.0 Å². The summed E-state index contributed by atoms with van der Waals surface area (Å²) in [6, 6.07) is 13.5. The molecule has 0 atom stereocenters. The Bertz CT molecular complexity index is 858. The first kappa shape index (κ1) is 13.6. The van der Waals surface area contributed by atoms with E-state index in [1.165, 1.54) is 0 Å². The molecule has 0 bridgehead atoms. The molecule has 106 valence electrons. The molecular weight excluding hydrogens is 284 g/mol. The zero-order valence-corrected chi connectivity index (χ0v) is 12.5. The molecule has 0 radical (unpaired) electrons. The van der Waals surface area contributed by atoms with Crippen molar-refractivity contribution in [3.63, 3.8) is 0 Å². The van der Waals surface area contributed by atoms with Gasteiger partial charge in [0.2, 0.25) is 0 Å². The lowest BCUT2D eigenvalue weighted by Crippen LogP contribution is -1.95. The van der Waals surface area contributed by atoms with Crippen LogP contribution in [-0.2, 0) is 0 Å². The van der Waals surface area contributed by atoms with E-state index < -0.39 is 0 Å². The van der Waals surface area contributed by atoms with Gasteiger partial charge < -0.3 is 9.47 Å². The lowest BCUT2D eigenvalue weighted by atomic mass is 10.0. The number of hydrogen-bond acceptors (Lipinski definition) is 4. The Labute approximate surface area is 127 Å². The molecule has 2 aromatic carbocycles. The van der Waals surface area contributed by atoms with Gasteiger partial charge in [0.05, 0.1) is 14.2 Å². The van der Waals surface area contributed by atoms with E-state index in [0.29, 0.717) is 4.64 Å². The van der Waals surface area contributed by atoms with Crippen LogP contribution in [0, 0.1) is 4.64 Å². The Balaban J connectivity index is 2.35. The monoisotopic (exact) mass is 298 g/mol. The van der Waals surface area contributed by atoms with Gasteiger partial charge in [-0.1, -0.05) is 36.5 Å². The van der Waals surface area contributed by atoms with Crippen LogP contribution in [0.3, 0.4) is 0 Å². The molecule has 0 aliphatic heterocycles. The minimum atomic E-state index is 0.621. The molecule has 3 aromatic rings. The smallest absolute Gasteiger partial charge is 0.128 e. The SMILES string of the molecule is COc1ccc(OC)c(-c2n[nH]c(=S)c3ccccc23)c1. The van der Waals surface area contributed by atoms with Crippen molar-refractivity contribution in [2.45, 2.75) is 0 Å². The number of aromatic nitrogens is 2. The molecule has 1 heterocycles. The largest absolute Gasteiger partial charge is 0.497 e. The predicted octanol–water partition coefficient (Wildman–Crippen LogP) is 3.98. The summed E-state index contributed by atoms with van der Waals surface area (Å²) < 4.78 is 11.4. The van der Waals surface area contributed by atoms with Crippen molar-refractivity contribution in [3.05, 3.63) is 47.1 Å². The Morgan fingerprint density at radius 1 is 1.00 bits per heavy atom. The van der Waals surface area contributed by atoms with Gasteiger partial charge in [0.15, 0.2) is 0 Å². The van der Waals surface area contributed by atoms with Crippen molar-refractivity contribution in [2.24, 2.45) is 0 Å². The lowest BCUT2D eigenvalue weighted by Gasteiger charge is -2.11. The van der Waals surface area contributed by atoms with Gasteiger partial charge in [-0.25, -0.2) is 0 Å². The number of rotatable bonds is 3. The maximum atomic E-state index is 5.44. The molecule has 1 N–H and O–H groups in total. The van der Waals surface area contributed by atoms with E-state index in [-0.39, 0.29) is 0 Å². The molecule has 21 heavy (non-hydrogen) atoms. The molecule has 5 heteroatoms. The molecule has 0 amide bonds. The summed E-state index contributed by atoms with van der Waals surface area (Å²) in [6.07, 6.45) is 0. The fourth-order valence-corrected chi connectivity index (χ4v) is 2.54. The maximum Gasteiger partial charge on any atom is 0.128 e. The van der Waals surface area contributed by atoms with Crippen LogP contribution in [0.15, 0.2) is 42.5 Å².